The van der Waals surface area contributed by atoms with E-state index in [0.29, 0.717) is 0 Å². The van der Waals surface area contributed by atoms with Crippen molar-refractivity contribution in [2.45, 2.75) is 70.4 Å². The number of hydrogen-bond acceptors (Lipinski definition) is 2. The molecule has 5 nitrogen and oxygen atoms in total. The molecule has 102 valence electrons. The molecule has 0 atom stereocenters. The van der Waals surface area contributed by atoms with Gasteiger partial charge in [0.2, 0.25) is 0 Å². The van der Waals surface area contributed by atoms with Gasteiger partial charge in [-0.25, -0.2) is 14.8 Å². The summed E-state index contributed by atoms with van der Waals surface area (Å²) in [7, 11) is 0. The van der Waals surface area contributed by atoms with Crippen molar-refractivity contribution in [3.8, 4) is 0 Å². The van der Waals surface area contributed by atoms with Gasteiger partial charge in [-0.05, 0) is 26.7 Å². The van der Waals surface area contributed by atoms with Crippen molar-refractivity contribution < 1.29 is 14.7 Å². The van der Waals surface area contributed by atoms with Gasteiger partial charge in [-0.3, -0.25) is 4.79 Å². The molecule has 1 aliphatic heterocycles. The Morgan fingerprint density at radius 2 is 1.67 bits per heavy atom. The molecule has 1 heterocycles. The molecule has 1 aliphatic carbocycles. The molecule has 0 aromatic heterocycles. The Balaban J connectivity index is 2.11. The first-order chi connectivity index (χ1) is 8.46. The molecular weight excluding hydrogens is 232 g/mol. The van der Waals surface area contributed by atoms with Crippen molar-refractivity contribution in [1.82, 2.24) is 10.0 Å². The summed E-state index contributed by atoms with van der Waals surface area (Å²) in [6, 6.07) is 0.0712. The smallest absolute Gasteiger partial charge is 0.427 e. The number of rotatable bonds is 1. The fraction of sp³-hybridized carbons (Fsp3) is 0.846. The number of hydrazine groups is 1. The lowest BCUT2D eigenvalue weighted by Gasteiger charge is -2.56. The molecular formula is C13H22N2O3. The Hall–Kier alpha value is -1.26. The number of carbonyl (C=O) groups is 2. The van der Waals surface area contributed by atoms with Crippen LogP contribution in [0.2, 0.25) is 0 Å². The Kier molecular flexibility index (Phi) is 3.50. The minimum absolute atomic E-state index is 0.0597. The highest BCUT2D eigenvalue weighted by atomic mass is 16.4. The van der Waals surface area contributed by atoms with Crippen LogP contribution in [0.3, 0.4) is 0 Å². The molecule has 0 aromatic rings. The normalized spacial score (nSPS) is 25.3. The number of carbonyl (C=O) groups excluding carboxylic acids is 1. The summed E-state index contributed by atoms with van der Waals surface area (Å²) in [5.74, 6) is -0.0597. The third kappa shape index (κ3) is 2.06. The van der Waals surface area contributed by atoms with Gasteiger partial charge in [0.15, 0.2) is 0 Å². The molecule has 18 heavy (non-hydrogen) atoms. The van der Waals surface area contributed by atoms with Crippen LogP contribution >= 0.6 is 0 Å². The molecule has 0 radical (unpaired) electrons. The van der Waals surface area contributed by atoms with Gasteiger partial charge in [-0.1, -0.05) is 32.1 Å². The molecule has 1 saturated carbocycles. The van der Waals surface area contributed by atoms with Crippen molar-refractivity contribution in [2.75, 3.05) is 0 Å². The maximum absolute atomic E-state index is 12.1. The summed E-state index contributed by atoms with van der Waals surface area (Å²) >= 11 is 0. The van der Waals surface area contributed by atoms with Gasteiger partial charge >= 0.3 is 6.09 Å². The first-order valence-electron chi connectivity index (χ1n) is 6.83. The standard InChI is InChI=1S/C13H22N2O3/c1-13(2)11(16)14(15(13)12(17)18)10-8-6-4-3-5-7-9-10/h10H,3-9H2,1-2H3,(H,17,18). The predicted octanol–water partition coefficient (Wildman–Crippen LogP) is 2.62. The first-order valence-corrected chi connectivity index (χ1v) is 6.83. The highest BCUT2D eigenvalue weighted by Gasteiger charge is 2.57. The minimum atomic E-state index is -1.03. The highest BCUT2D eigenvalue weighted by Crippen LogP contribution is 2.36. The van der Waals surface area contributed by atoms with Gasteiger partial charge in [-0.15, -0.1) is 0 Å². The Morgan fingerprint density at radius 3 is 2.17 bits per heavy atom. The largest absolute Gasteiger partial charge is 0.464 e. The van der Waals surface area contributed by atoms with E-state index in [-0.39, 0.29) is 11.9 Å². The number of nitrogens with zero attached hydrogens (tertiary/aromatic N) is 2. The third-order valence-corrected chi connectivity index (χ3v) is 4.08. The monoisotopic (exact) mass is 254 g/mol. The number of amides is 2. The first kappa shape index (κ1) is 13.2. The van der Waals surface area contributed by atoms with Crippen LogP contribution in [0.15, 0.2) is 0 Å². The summed E-state index contributed by atoms with van der Waals surface area (Å²) < 4.78 is 0. The quantitative estimate of drug-likeness (QED) is 0.782. The van der Waals surface area contributed by atoms with Gasteiger partial charge in [0.05, 0.1) is 6.04 Å². The fourth-order valence-corrected chi connectivity index (χ4v) is 3.03. The summed E-state index contributed by atoms with van der Waals surface area (Å²) in [4.78, 5) is 23.4. The molecule has 2 aliphatic rings. The van der Waals surface area contributed by atoms with Gasteiger partial charge in [0.25, 0.3) is 5.91 Å². The van der Waals surface area contributed by atoms with Crippen LogP contribution < -0.4 is 0 Å². The summed E-state index contributed by atoms with van der Waals surface area (Å²) in [6.07, 6.45) is 6.63. The van der Waals surface area contributed by atoms with Crippen molar-refractivity contribution in [2.24, 2.45) is 0 Å². The van der Waals surface area contributed by atoms with E-state index in [1.807, 2.05) is 0 Å². The molecule has 0 bridgehead atoms. The molecule has 1 saturated heterocycles. The van der Waals surface area contributed by atoms with Crippen molar-refractivity contribution in [3.63, 3.8) is 0 Å². The van der Waals surface area contributed by atoms with E-state index in [2.05, 4.69) is 0 Å². The maximum atomic E-state index is 12.1. The van der Waals surface area contributed by atoms with E-state index < -0.39 is 11.6 Å². The average molecular weight is 254 g/mol. The zero-order valence-electron chi connectivity index (χ0n) is 11.2. The van der Waals surface area contributed by atoms with E-state index >= 15 is 0 Å². The van der Waals surface area contributed by atoms with Gasteiger partial charge in [0, 0.05) is 0 Å². The summed E-state index contributed by atoms with van der Waals surface area (Å²) in [6.45, 7) is 3.34. The van der Waals surface area contributed by atoms with Crippen molar-refractivity contribution >= 4 is 12.0 Å². The van der Waals surface area contributed by atoms with Crippen LogP contribution in [0.5, 0.6) is 0 Å². The molecule has 5 heteroatoms. The summed E-state index contributed by atoms with van der Waals surface area (Å²) in [5, 5.41) is 11.9. The lowest BCUT2D eigenvalue weighted by molar-refractivity contribution is -0.212. The molecule has 2 fully saturated rings. The Bertz CT molecular complexity index is 346. The second kappa shape index (κ2) is 4.78. The molecule has 2 amide bonds. The Morgan fingerprint density at radius 1 is 1.17 bits per heavy atom. The zero-order valence-corrected chi connectivity index (χ0v) is 11.2. The fourth-order valence-electron chi connectivity index (χ4n) is 3.03. The summed E-state index contributed by atoms with van der Waals surface area (Å²) in [5.41, 5.74) is -0.895. The topological polar surface area (TPSA) is 60.9 Å². The van der Waals surface area contributed by atoms with Gasteiger partial charge in [0.1, 0.15) is 5.54 Å². The molecule has 2 rings (SSSR count). The van der Waals surface area contributed by atoms with Crippen LogP contribution in [-0.2, 0) is 4.79 Å². The van der Waals surface area contributed by atoms with Crippen LogP contribution in [0.25, 0.3) is 0 Å². The van der Waals surface area contributed by atoms with Crippen LogP contribution in [0.4, 0.5) is 4.79 Å². The van der Waals surface area contributed by atoms with Crippen LogP contribution in [0.1, 0.15) is 58.8 Å². The van der Waals surface area contributed by atoms with E-state index in [0.717, 1.165) is 25.7 Å². The van der Waals surface area contributed by atoms with E-state index in [1.54, 1.807) is 13.8 Å². The highest BCUT2D eigenvalue weighted by molar-refractivity contribution is 5.96. The van der Waals surface area contributed by atoms with E-state index in [4.69, 9.17) is 0 Å². The second-order valence-corrected chi connectivity index (χ2v) is 5.80. The molecule has 0 aromatic carbocycles. The Labute approximate surface area is 108 Å². The average Bonchev–Trinajstić information content (AvgIpc) is 2.24. The number of carboxylic acid groups (broad SMARTS) is 1. The van der Waals surface area contributed by atoms with E-state index in [9.17, 15) is 14.7 Å². The lowest BCUT2D eigenvalue weighted by Crippen LogP contribution is -2.78. The van der Waals surface area contributed by atoms with Crippen molar-refractivity contribution in [1.29, 1.82) is 0 Å². The SMILES string of the molecule is CC1(C)C(=O)N(C2CCCCCCC2)N1C(=O)O. The zero-order chi connectivity index (χ0) is 13.3. The van der Waals surface area contributed by atoms with Gasteiger partial charge in [-0.2, -0.15) is 0 Å². The minimum Gasteiger partial charge on any atom is -0.464 e. The molecule has 0 unspecified atom stereocenters. The van der Waals surface area contributed by atoms with E-state index in [1.165, 1.54) is 29.3 Å². The van der Waals surface area contributed by atoms with Crippen LogP contribution in [0, 0.1) is 0 Å². The predicted molar refractivity (Wildman–Crippen MR) is 66.9 cm³/mol. The number of hydrogen-bond donors (Lipinski definition) is 1. The third-order valence-electron chi connectivity index (χ3n) is 4.08. The van der Waals surface area contributed by atoms with Crippen molar-refractivity contribution in [3.05, 3.63) is 0 Å². The lowest BCUT2D eigenvalue weighted by atomic mass is 9.91. The van der Waals surface area contributed by atoms with Gasteiger partial charge < -0.3 is 5.11 Å². The van der Waals surface area contributed by atoms with Crippen LogP contribution in [-0.4, -0.2) is 38.7 Å². The maximum Gasteiger partial charge on any atom is 0.427 e. The molecule has 0 spiro atoms. The molecule has 1 N–H and O–H groups in total. The second-order valence-electron chi connectivity index (χ2n) is 5.80.